The molecule has 1 aliphatic heterocycles. The quantitative estimate of drug-likeness (QED) is 0.737. The highest BCUT2D eigenvalue weighted by molar-refractivity contribution is 7.89. The molecular formula is C16H20F3NO4S. The van der Waals surface area contributed by atoms with Crippen LogP contribution in [-0.2, 0) is 25.7 Å². The van der Waals surface area contributed by atoms with Gasteiger partial charge in [0.1, 0.15) is 0 Å². The SMILES string of the molecule is COC(=O)CCC1CCCCN1S(=O)(=O)c1cccc(C(F)(F)F)c1. The van der Waals surface area contributed by atoms with Crippen molar-refractivity contribution in [1.29, 1.82) is 0 Å². The van der Waals surface area contributed by atoms with Gasteiger partial charge in [-0.05, 0) is 37.5 Å². The number of ether oxygens (including phenoxy) is 1. The van der Waals surface area contributed by atoms with Crippen LogP contribution in [0.1, 0.15) is 37.7 Å². The molecule has 1 aromatic rings. The van der Waals surface area contributed by atoms with Crippen molar-refractivity contribution in [2.24, 2.45) is 0 Å². The molecule has 25 heavy (non-hydrogen) atoms. The summed E-state index contributed by atoms with van der Waals surface area (Å²) in [6.07, 6.45) is -2.26. The Morgan fingerprint density at radius 3 is 2.68 bits per heavy atom. The maximum absolute atomic E-state index is 12.9. The monoisotopic (exact) mass is 379 g/mol. The Bertz CT molecular complexity index is 718. The summed E-state index contributed by atoms with van der Waals surface area (Å²) in [5, 5.41) is 0. The molecule has 0 aromatic heterocycles. The lowest BCUT2D eigenvalue weighted by Gasteiger charge is -2.34. The summed E-state index contributed by atoms with van der Waals surface area (Å²) in [7, 11) is -2.82. The van der Waals surface area contributed by atoms with E-state index in [4.69, 9.17) is 0 Å². The van der Waals surface area contributed by atoms with Gasteiger partial charge >= 0.3 is 12.1 Å². The molecule has 9 heteroatoms. The summed E-state index contributed by atoms with van der Waals surface area (Å²) >= 11 is 0. The number of rotatable bonds is 5. The van der Waals surface area contributed by atoms with Crippen LogP contribution >= 0.6 is 0 Å². The highest BCUT2D eigenvalue weighted by Crippen LogP contribution is 2.33. The molecule has 0 radical (unpaired) electrons. The van der Waals surface area contributed by atoms with Crippen molar-refractivity contribution in [3.8, 4) is 0 Å². The first-order chi connectivity index (χ1) is 11.7. The Morgan fingerprint density at radius 2 is 2.04 bits per heavy atom. The van der Waals surface area contributed by atoms with Gasteiger partial charge in [-0.15, -0.1) is 0 Å². The van der Waals surface area contributed by atoms with E-state index >= 15 is 0 Å². The number of methoxy groups -OCH3 is 1. The highest BCUT2D eigenvalue weighted by atomic mass is 32.2. The normalized spacial score (nSPS) is 19.6. The van der Waals surface area contributed by atoms with Crippen molar-refractivity contribution in [3.05, 3.63) is 29.8 Å². The zero-order chi connectivity index (χ0) is 18.7. The van der Waals surface area contributed by atoms with E-state index in [0.717, 1.165) is 24.6 Å². The van der Waals surface area contributed by atoms with E-state index in [0.29, 0.717) is 18.9 Å². The average Bonchev–Trinajstić information content (AvgIpc) is 2.59. The smallest absolute Gasteiger partial charge is 0.416 e. The molecule has 1 heterocycles. The zero-order valence-electron chi connectivity index (χ0n) is 13.8. The number of hydrogen-bond donors (Lipinski definition) is 0. The molecule has 0 amide bonds. The minimum Gasteiger partial charge on any atom is -0.469 e. The fourth-order valence-electron chi connectivity index (χ4n) is 2.93. The molecule has 5 nitrogen and oxygen atoms in total. The molecule has 1 unspecified atom stereocenters. The van der Waals surface area contributed by atoms with Crippen molar-refractivity contribution < 1.29 is 31.1 Å². The highest BCUT2D eigenvalue weighted by Gasteiger charge is 2.36. The summed E-state index contributed by atoms with van der Waals surface area (Å²) in [5.74, 6) is -0.443. The molecule has 0 N–H and O–H groups in total. The second kappa shape index (κ2) is 7.74. The van der Waals surface area contributed by atoms with Crippen LogP contribution in [0.25, 0.3) is 0 Å². The number of esters is 1. The Labute approximate surface area is 144 Å². The molecule has 1 saturated heterocycles. The third kappa shape index (κ3) is 4.72. The second-order valence-electron chi connectivity index (χ2n) is 5.91. The lowest BCUT2D eigenvalue weighted by Crippen LogP contribution is -2.43. The first-order valence-electron chi connectivity index (χ1n) is 7.92. The van der Waals surface area contributed by atoms with Crippen LogP contribution in [-0.4, -0.2) is 38.4 Å². The lowest BCUT2D eigenvalue weighted by molar-refractivity contribution is -0.141. The molecule has 0 saturated carbocycles. The summed E-state index contributed by atoms with van der Waals surface area (Å²) in [5.41, 5.74) is -1.00. The fourth-order valence-corrected chi connectivity index (χ4v) is 4.70. The first-order valence-corrected chi connectivity index (χ1v) is 9.36. The van der Waals surface area contributed by atoms with Gasteiger partial charge in [0, 0.05) is 19.0 Å². The van der Waals surface area contributed by atoms with E-state index in [1.165, 1.54) is 11.4 Å². The van der Waals surface area contributed by atoms with Gasteiger partial charge < -0.3 is 4.74 Å². The van der Waals surface area contributed by atoms with Crippen molar-refractivity contribution in [2.75, 3.05) is 13.7 Å². The Morgan fingerprint density at radius 1 is 1.32 bits per heavy atom. The van der Waals surface area contributed by atoms with E-state index in [1.54, 1.807) is 0 Å². The number of carbonyl (C=O) groups excluding carboxylic acids is 1. The van der Waals surface area contributed by atoms with Crippen LogP contribution < -0.4 is 0 Å². The molecule has 1 fully saturated rings. The van der Waals surface area contributed by atoms with Crippen LogP contribution in [0.4, 0.5) is 13.2 Å². The number of nitrogens with zero attached hydrogens (tertiary/aromatic N) is 1. The number of halogens is 3. The molecule has 140 valence electrons. The number of hydrogen-bond acceptors (Lipinski definition) is 4. The molecule has 0 spiro atoms. The zero-order valence-corrected chi connectivity index (χ0v) is 14.6. The first kappa shape index (κ1) is 19.7. The Hall–Kier alpha value is -1.61. The van der Waals surface area contributed by atoms with E-state index in [2.05, 4.69) is 4.74 Å². The van der Waals surface area contributed by atoms with Gasteiger partial charge in [-0.25, -0.2) is 8.42 Å². The minimum atomic E-state index is -4.61. The summed E-state index contributed by atoms with van der Waals surface area (Å²) in [4.78, 5) is 10.9. The predicted molar refractivity (Wildman–Crippen MR) is 84.2 cm³/mol. The van der Waals surface area contributed by atoms with E-state index < -0.39 is 33.8 Å². The van der Waals surface area contributed by atoms with Gasteiger partial charge in [0.2, 0.25) is 10.0 Å². The average molecular weight is 379 g/mol. The third-order valence-corrected chi connectivity index (χ3v) is 6.20. The van der Waals surface area contributed by atoms with Gasteiger partial charge in [-0.3, -0.25) is 4.79 Å². The molecule has 0 bridgehead atoms. The number of benzene rings is 1. The van der Waals surface area contributed by atoms with Crippen molar-refractivity contribution in [2.45, 2.75) is 49.2 Å². The topological polar surface area (TPSA) is 63.7 Å². The third-order valence-electron chi connectivity index (χ3n) is 4.25. The van der Waals surface area contributed by atoms with Gasteiger partial charge in [-0.1, -0.05) is 12.5 Å². The van der Waals surface area contributed by atoms with E-state index in [9.17, 15) is 26.4 Å². The summed E-state index contributed by atoms with van der Waals surface area (Å²) < 4.78 is 70.0. The van der Waals surface area contributed by atoms with Crippen LogP contribution in [0.2, 0.25) is 0 Å². The molecule has 1 atom stereocenters. The van der Waals surface area contributed by atoms with Gasteiger partial charge in [0.15, 0.2) is 0 Å². The fraction of sp³-hybridized carbons (Fsp3) is 0.562. The van der Waals surface area contributed by atoms with Crippen molar-refractivity contribution in [1.82, 2.24) is 4.31 Å². The van der Waals surface area contributed by atoms with Crippen LogP contribution in [0, 0.1) is 0 Å². The van der Waals surface area contributed by atoms with Gasteiger partial charge in [-0.2, -0.15) is 17.5 Å². The summed E-state index contributed by atoms with van der Waals surface area (Å²) in [6.45, 7) is 0.227. The Balaban J connectivity index is 2.28. The van der Waals surface area contributed by atoms with Crippen molar-refractivity contribution >= 4 is 16.0 Å². The number of carbonyl (C=O) groups is 1. The van der Waals surface area contributed by atoms with Gasteiger partial charge in [0.25, 0.3) is 0 Å². The molecule has 1 aromatic carbocycles. The number of sulfonamides is 1. The molecule has 1 aliphatic rings. The van der Waals surface area contributed by atoms with Crippen LogP contribution in [0.3, 0.4) is 0 Å². The Kier molecular flexibility index (Phi) is 6.10. The van der Waals surface area contributed by atoms with Gasteiger partial charge in [0.05, 0.1) is 17.6 Å². The van der Waals surface area contributed by atoms with Crippen LogP contribution in [0.5, 0.6) is 0 Å². The second-order valence-corrected chi connectivity index (χ2v) is 7.80. The standard InChI is InChI=1S/C16H20F3NO4S/c1-24-15(21)9-8-13-6-2-3-10-20(13)25(22,23)14-7-4-5-12(11-14)16(17,18)19/h4-5,7,11,13H,2-3,6,8-10H2,1H3. The maximum atomic E-state index is 12.9. The van der Waals surface area contributed by atoms with E-state index in [-0.39, 0.29) is 24.3 Å². The van der Waals surface area contributed by atoms with Crippen molar-refractivity contribution in [3.63, 3.8) is 0 Å². The van der Waals surface area contributed by atoms with E-state index in [1.807, 2.05) is 0 Å². The molecule has 0 aliphatic carbocycles. The molecular weight excluding hydrogens is 359 g/mol. The largest absolute Gasteiger partial charge is 0.469 e. The maximum Gasteiger partial charge on any atom is 0.416 e. The predicted octanol–water partition coefficient (Wildman–Crippen LogP) is 3.20. The molecule has 2 rings (SSSR count). The number of piperidine rings is 1. The minimum absolute atomic E-state index is 0.0653. The van der Waals surface area contributed by atoms with Crippen LogP contribution in [0.15, 0.2) is 29.2 Å². The number of alkyl halides is 3. The summed E-state index contributed by atoms with van der Waals surface area (Å²) in [6, 6.07) is 3.32. The lowest BCUT2D eigenvalue weighted by atomic mass is 10.0.